The molecule has 88 valence electrons. The molecule has 0 bridgehead atoms. The highest BCUT2D eigenvalue weighted by Gasteiger charge is 2.11. The van der Waals surface area contributed by atoms with E-state index in [9.17, 15) is 4.79 Å². The van der Waals surface area contributed by atoms with Crippen LogP contribution < -0.4 is 5.73 Å². The Balaban J connectivity index is 2.64. The van der Waals surface area contributed by atoms with Gasteiger partial charge < -0.3 is 10.8 Å². The second-order valence-electron chi connectivity index (χ2n) is 3.75. The second-order valence-corrected chi connectivity index (χ2v) is 3.75. The van der Waals surface area contributed by atoms with E-state index >= 15 is 0 Å². The summed E-state index contributed by atoms with van der Waals surface area (Å²) in [5, 5.41) is 16.8. The quantitative estimate of drug-likeness (QED) is 0.758. The lowest BCUT2D eigenvalue weighted by molar-refractivity contribution is 0.0697. The molecule has 0 aliphatic heterocycles. The highest BCUT2D eigenvalue weighted by molar-refractivity contribution is 5.89. The lowest BCUT2D eigenvalue weighted by Gasteiger charge is -2.08. The van der Waals surface area contributed by atoms with Crippen LogP contribution in [0.15, 0.2) is 18.2 Å². The number of aromatic nitrogens is 3. The van der Waals surface area contributed by atoms with Crippen molar-refractivity contribution in [2.24, 2.45) is 0 Å². The molecule has 0 saturated carbocycles. The molecule has 1 aromatic heterocycles. The fraction of sp³-hybridized carbons (Fsp3) is 0.182. The van der Waals surface area contributed by atoms with Crippen molar-refractivity contribution >= 4 is 11.7 Å². The van der Waals surface area contributed by atoms with Crippen LogP contribution in [0.3, 0.4) is 0 Å². The molecule has 0 amide bonds. The lowest BCUT2D eigenvalue weighted by Crippen LogP contribution is -2.04. The zero-order valence-electron chi connectivity index (χ0n) is 9.51. The summed E-state index contributed by atoms with van der Waals surface area (Å²) in [6, 6.07) is 4.65. The minimum Gasteiger partial charge on any atom is -0.478 e. The predicted octanol–water partition coefficient (Wildman–Crippen LogP) is 1.16. The van der Waals surface area contributed by atoms with E-state index in [-0.39, 0.29) is 5.56 Å². The summed E-state index contributed by atoms with van der Waals surface area (Å²) in [7, 11) is 0. The normalized spacial score (nSPS) is 10.5. The molecule has 1 aromatic carbocycles. The van der Waals surface area contributed by atoms with Crippen molar-refractivity contribution in [1.82, 2.24) is 14.8 Å². The van der Waals surface area contributed by atoms with Gasteiger partial charge in [-0.15, -0.1) is 10.2 Å². The molecule has 0 atom stereocenters. The molecule has 0 aliphatic rings. The zero-order chi connectivity index (χ0) is 12.6. The van der Waals surface area contributed by atoms with E-state index in [4.69, 9.17) is 10.8 Å². The van der Waals surface area contributed by atoms with Crippen LogP contribution in [0.25, 0.3) is 5.69 Å². The van der Waals surface area contributed by atoms with Crippen molar-refractivity contribution in [1.29, 1.82) is 0 Å². The molecule has 0 saturated heterocycles. The zero-order valence-corrected chi connectivity index (χ0v) is 9.51. The van der Waals surface area contributed by atoms with Gasteiger partial charge in [0, 0.05) is 5.69 Å². The Labute approximate surface area is 97.7 Å². The van der Waals surface area contributed by atoms with E-state index in [0.717, 1.165) is 0 Å². The predicted molar refractivity (Wildman–Crippen MR) is 62.2 cm³/mol. The molecule has 2 aromatic rings. The van der Waals surface area contributed by atoms with Gasteiger partial charge in [0.1, 0.15) is 11.6 Å². The number of benzene rings is 1. The van der Waals surface area contributed by atoms with E-state index < -0.39 is 5.97 Å². The van der Waals surface area contributed by atoms with Crippen molar-refractivity contribution in [2.45, 2.75) is 13.8 Å². The Morgan fingerprint density at radius 3 is 2.35 bits per heavy atom. The molecule has 6 heteroatoms. The first-order valence-electron chi connectivity index (χ1n) is 5.02. The summed E-state index contributed by atoms with van der Waals surface area (Å²) in [5.74, 6) is 0.357. The smallest absolute Gasteiger partial charge is 0.335 e. The second kappa shape index (κ2) is 3.89. The summed E-state index contributed by atoms with van der Waals surface area (Å²) in [5.41, 5.74) is 6.88. The molecular formula is C11H12N4O2. The number of carbonyl (C=O) groups is 1. The van der Waals surface area contributed by atoms with Gasteiger partial charge in [0.2, 0.25) is 0 Å². The van der Waals surface area contributed by atoms with Gasteiger partial charge in [-0.25, -0.2) is 4.79 Å². The maximum atomic E-state index is 10.9. The Hall–Kier alpha value is -2.37. The van der Waals surface area contributed by atoms with Gasteiger partial charge in [0.15, 0.2) is 0 Å². The number of aryl methyl sites for hydroxylation is 2. The van der Waals surface area contributed by atoms with Gasteiger partial charge in [-0.3, -0.25) is 4.57 Å². The van der Waals surface area contributed by atoms with Gasteiger partial charge in [-0.2, -0.15) is 0 Å². The maximum Gasteiger partial charge on any atom is 0.335 e. The molecule has 6 nitrogen and oxygen atoms in total. The van der Waals surface area contributed by atoms with Crippen molar-refractivity contribution in [3.63, 3.8) is 0 Å². The van der Waals surface area contributed by atoms with Crippen LogP contribution in [-0.4, -0.2) is 25.8 Å². The van der Waals surface area contributed by atoms with Crippen molar-refractivity contribution in [3.05, 3.63) is 35.4 Å². The first kappa shape index (κ1) is 11.1. The Bertz CT molecular complexity index is 570. The number of carboxylic acid groups (broad SMARTS) is 1. The van der Waals surface area contributed by atoms with E-state index in [1.807, 2.05) is 0 Å². The Morgan fingerprint density at radius 1 is 1.24 bits per heavy atom. The maximum absolute atomic E-state index is 10.9. The molecule has 2 rings (SSSR count). The van der Waals surface area contributed by atoms with E-state index in [2.05, 4.69) is 10.2 Å². The fourth-order valence-corrected chi connectivity index (χ4v) is 1.73. The van der Waals surface area contributed by atoms with Crippen LogP contribution in [0, 0.1) is 13.8 Å². The molecular weight excluding hydrogens is 220 g/mol. The number of carboxylic acids is 1. The number of hydrogen-bond donors (Lipinski definition) is 2. The number of anilines is 1. The molecule has 0 radical (unpaired) electrons. The van der Waals surface area contributed by atoms with Crippen LogP contribution in [0.2, 0.25) is 0 Å². The molecule has 3 N–H and O–H groups in total. The molecule has 1 heterocycles. The number of nitrogen functional groups attached to an aromatic ring is 1. The molecule has 0 aliphatic carbocycles. The van der Waals surface area contributed by atoms with Crippen LogP contribution in [-0.2, 0) is 0 Å². The largest absolute Gasteiger partial charge is 0.478 e. The average Bonchev–Trinajstić information content (AvgIpc) is 2.57. The topological polar surface area (TPSA) is 94.0 Å². The van der Waals surface area contributed by atoms with Crippen molar-refractivity contribution in [3.8, 4) is 5.69 Å². The van der Waals surface area contributed by atoms with E-state index in [1.54, 1.807) is 30.5 Å². The number of nitrogens with zero attached hydrogens (tertiary/aromatic N) is 3. The van der Waals surface area contributed by atoms with Gasteiger partial charge in [0.25, 0.3) is 0 Å². The summed E-state index contributed by atoms with van der Waals surface area (Å²) < 4.78 is 1.75. The van der Waals surface area contributed by atoms with Crippen LogP contribution in [0.1, 0.15) is 22.0 Å². The van der Waals surface area contributed by atoms with Crippen molar-refractivity contribution in [2.75, 3.05) is 5.73 Å². The third-order valence-corrected chi connectivity index (χ3v) is 2.43. The molecule has 0 unspecified atom stereocenters. The highest BCUT2D eigenvalue weighted by Crippen LogP contribution is 2.18. The first-order chi connectivity index (χ1) is 7.99. The third kappa shape index (κ3) is 1.96. The number of rotatable bonds is 2. The van der Waals surface area contributed by atoms with Crippen LogP contribution in [0.5, 0.6) is 0 Å². The SMILES string of the molecule is Cc1nnc(C)n1-c1cc(N)cc(C(=O)O)c1. The van der Waals surface area contributed by atoms with Gasteiger partial charge in [-0.1, -0.05) is 0 Å². The Morgan fingerprint density at radius 2 is 1.82 bits per heavy atom. The molecule has 0 fully saturated rings. The van der Waals surface area contributed by atoms with Gasteiger partial charge >= 0.3 is 5.97 Å². The minimum absolute atomic E-state index is 0.146. The summed E-state index contributed by atoms with van der Waals surface area (Å²) in [6.07, 6.45) is 0. The minimum atomic E-state index is -1.01. The number of aromatic carboxylic acids is 1. The average molecular weight is 232 g/mol. The molecule has 17 heavy (non-hydrogen) atoms. The summed E-state index contributed by atoms with van der Waals surface area (Å²) in [6.45, 7) is 3.59. The highest BCUT2D eigenvalue weighted by atomic mass is 16.4. The number of hydrogen-bond acceptors (Lipinski definition) is 4. The van der Waals surface area contributed by atoms with E-state index in [1.165, 1.54) is 6.07 Å². The number of nitrogens with two attached hydrogens (primary N) is 1. The fourth-order valence-electron chi connectivity index (χ4n) is 1.73. The Kier molecular flexibility index (Phi) is 2.55. The standard InChI is InChI=1S/C11H12N4O2/c1-6-13-14-7(2)15(6)10-4-8(11(16)17)3-9(12)5-10/h3-5H,12H2,1-2H3,(H,16,17). The monoisotopic (exact) mass is 232 g/mol. The summed E-state index contributed by atoms with van der Waals surface area (Å²) in [4.78, 5) is 10.9. The van der Waals surface area contributed by atoms with Crippen LogP contribution in [0.4, 0.5) is 5.69 Å². The van der Waals surface area contributed by atoms with Gasteiger partial charge in [0.05, 0.1) is 11.3 Å². The third-order valence-electron chi connectivity index (χ3n) is 2.43. The van der Waals surface area contributed by atoms with Gasteiger partial charge in [-0.05, 0) is 32.0 Å². The lowest BCUT2D eigenvalue weighted by atomic mass is 10.1. The molecule has 0 spiro atoms. The summed E-state index contributed by atoms with van der Waals surface area (Å²) >= 11 is 0. The first-order valence-corrected chi connectivity index (χ1v) is 5.02. The van der Waals surface area contributed by atoms with Crippen molar-refractivity contribution < 1.29 is 9.90 Å². The van der Waals surface area contributed by atoms with E-state index in [0.29, 0.717) is 23.0 Å². The van der Waals surface area contributed by atoms with Crippen LogP contribution >= 0.6 is 0 Å².